The van der Waals surface area contributed by atoms with Crippen LogP contribution in [-0.2, 0) is 22.5 Å². The summed E-state index contributed by atoms with van der Waals surface area (Å²) >= 11 is 0. The van der Waals surface area contributed by atoms with Crippen molar-refractivity contribution in [3.63, 3.8) is 0 Å². The molecular weight excluding hydrogens is 382 g/mol. The maximum Gasteiger partial charge on any atom is 0.327 e. The second-order valence-electron chi connectivity index (χ2n) is 6.78. The Kier molecular flexibility index (Phi) is 5.79. The smallest absolute Gasteiger partial charge is 0.327 e. The molecule has 0 aliphatic heterocycles. The lowest BCUT2D eigenvalue weighted by atomic mass is 10.2. The summed E-state index contributed by atoms with van der Waals surface area (Å²) in [6.45, 7) is 4.56. The zero-order valence-corrected chi connectivity index (χ0v) is 17.0. The van der Waals surface area contributed by atoms with Gasteiger partial charge in [0, 0.05) is 12.0 Å². The number of rotatable bonds is 8. The van der Waals surface area contributed by atoms with Crippen molar-refractivity contribution in [2.75, 3.05) is 13.2 Å². The van der Waals surface area contributed by atoms with Gasteiger partial charge in [0.1, 0.15) is 18.1 Å². The highest BCUT2D eigenvalue weighted by Gasteiger charge is 2.13. The molecule has 0 aliphatic carbocycles. The first-order valence-corrected chi connectivity index (χ1v) is 9.90. The van der Waals surface area contributed by atoms with Crippen molar-refractivity contribution in [3.8, 4) is 17.2 Å². The summed E-state index contributed by atoms with van der Waals surface area (Å²) in [4.78, 5) is 16.4. The molecule has 154 valence electrons. The molecule has 4 aromatic rings. The summed E-state index contributed by atoms with van der Waals surface area (Å²) in [7, 11) is 0. The number of oxazole rings is 1. The molecule has 0 fully saturated rings. The fourth-order valence-corrected chi connectivity index (χ4v) is 3.28. The minimum Gasteiger partial charge on any atom is -0.492 e. The molecule has 0 aliphatic rings. The van der Waals surface area contributed by atoms with E-state index in [9.17, 15) is 4.79 Å². The standard InChI is InChI=1S/C23H23N3O4/c1-3-28-22(27)15-26-20-10-7-11-21(18(20)14-24-26)29-13-12-19-16(2)30-23(25-19)17-8-5-4-6-9-17/h4-11,14H,3,12-13,15H2,1-2H3. The van der Waals surface area contributed by atoms with E-state index in [2.05, 4.69) is 10.1 Å². The summed E-state index contributed by atoms with van der Waals surface area (Å²) < 4.78 is 18.4. The highest BCUT2D eigenvalue weighted by molar-refractivity contribution is 5.86. The van der Waals surface area contributed by atoms with E-state index in [0.29, 0.717) is 31.3 Å². The Morgan fingerprint density at radius 1 is 1.13 bits per heavy atom. The fourth-order valence-electron chi connectivity index (χ4n) is 3.28. The largest absolute Gasteiger partial charge is 0.492 e. The van der Waals surface area contributed by atoms with E-state index < -0.39 is 0 Å². The molecule has 0 amide bonds. The molecule has 30 heavy (non-hydrogen) atoms. The van der Waals surface area contributed by atoms with E-state index in [0.717, 1.165) is 27.9 Å². The average Bonchev–Trinajstić information content (AvgIpc) is 3.33. The van der Waals surface area contributed by atoms with Crippen molar-refractivity contribution in [1.82, 2.24) is 14.8 Å². The normalized spacial score (nSPS) is 11.0. The van der Waals surface area contributed by atoms with Crippen LogP contribution in [0.25, 0.3) is 22.4 Å². The van der Waals surface area contributed by atoms with E-state index in [4.69, 9.17) is 13.9 Å². The van der Waals surface area contributed by atoms with Crippen LogP contribution >= 0.6 is 0 Å². The number of aromatic nitrogens is 3. The van der Waals surface area contributed by atoms with E-state index in [-0.39, 0.29) is 12.5 Å². The number of ether oxygens (including phenoxy) is 2. The second kappa shape index (κ2) is 8.82. The van der Waals surface area contributed by atoms with Crippen molar-refractivity contribution >= 4 is 16.9 Å². The van der Waals surface area contributed by atoms with Crippen LogP contribution in [0, 0.1) is 6.92 Å². The van der Waals surface area contributed by atoms with Gasteiger partial charge < -0.3 is 13.9 Å². The Bertz CT molecular complexity index is 1150. The molecule has 0 bridgehead atoms. The Labute approximate surface area is 174 Å². The average molecular weight is 405 g/mol. The maximum absolute atomic E-state index is 11.8. The Morgan fingerprint density at radius 3 is 2.77 bits per heavy atom. The number of aryl methyl sites for hydroxylation is 1. The summed E-state index contributed by atoms with van der Waals surface area (Å²) in [6, 6.07) is 15.5. The Hall–Kier alpha value is -3.61. The van der Waals surface area contributed by atoms with Gasteiger partial charge in [-0.3, -0.25) is 9.48 Å². The number of hydrogen-bond acceptors (Lipinski definition) is 6. The van der Waals surface area contributed by atoms with Crippen molar-refractivity contribution < 1.29 is 18.7 Å². The molecule has 0 spiro atoms. The van der Waals surface area contributed by atoms with Gasteiger partial charge in [0.05, 0.1) is 36.0 Å². The van der Waals surface area contributed by atoms with Gasteiger partial charge in [-0.15, -0.1) is 0 Å². The van der Waals surface area contributed by atoms with Crippen LogP contribution in [0.5, 0.6) is 5.75 Å². The van der Waals surface area contributed by atoms with E-state index in [1.807, 2.05) is 55.5 Å². The molecule has 4 rings (SSSR count). The van der Waals surface area contributed by atoms with Crippen LogP contribution in [0.4, 0.5) is 0 Å². The zero-order chi connectivity index (χ0) is 20.9. The highest BCUT2D eigenvalue weighted by Crippen LogP contribution is 2.26. The van der Waals surface area contributed by atoms with Gasteiger partial charge in [0.2, 0.25) is 5.89 Å². The van der Waals surface area contributed by atoms with Gasteiger partial charge in [-0.05, 0) is 38.1 Å². The number of carbonyl (C=O) groups excluding carboxylic acids is 1. The summed E-state index contributed by atoms with van der Waals surface area (Å²) in [5.41, 5.74) is 2.65. The van der Waals surface area contributed by atoms with Crippen LogP contribution in [0.2, 0.25) is 0 Å². The van der Waals surface area contributed by atoms with E-state index in [1.54, 1.807) is 17.8 Å². The number of benzene rings is 2. The quantitative estimate of drug-likeness (QED) is 0.409. The van der Waals surface area contributed by atoms with Gasteiger partial charge >= 0.3 is 5.97 Å². The first-order valence-electron chi connectivity index (χ1n) is 9.90. The van der Waals surface area contributed by atoms with Crippen molar-refractivity contribution in [2.45, 2.75) is 26.8 Å². The molecule has 0 N–H and O–H groups in total. The van der Waals surface area contributed by atoms with Gasteiger partial charge in [-0.25, -0.2) is 4.98 Å². The molecule has 0 unspecified atom stereocenters. The Balaban J connectivity index is 1.44. The third-order valence-electron chi connectivity index (χ3n) is 4.74. The fraction of sp³-hybridized carbons (Fsp3) is 0.261. The Morgan fingerprint density at radius 2 is 1.97 bits per heavy atom. The van der Waals surface area contributed by atoms with Gasteiger partial charge in [-0.2, -0.15) is 5.10 Å². The minimum atomic E-state index is -0.315. The molecular formula is C23H23N3O4. The third kappa shape index (κ3) is 4.20. The van der Waals surface area contributed by atoms with Gasteiger partial charge in [0.25, 0.3) is 0 Å². The van der Waals surface area contributed by atoms with Crippen LogP contribution in [-0.4, -0.2) is 33.9 Å². The first-order chi connectivity index (χ1) is 14.7. The molecule has 0 atom stereocenters. The summed E-state index contributed by atoms with van der Waals surface area (Å²) in [5, 5.41) is 5.15. The summed E-state index contributed by atoms with van der Waals surface area (Å²) in [5.74, 6) is 1.81. The first kappa shape index (κ1) is 19.7. The van der Waals surface area contributed by atoms with Crippen molar-refractivity contribution in [3.05, 3.63) is 66.2 Å². The lowest BCUT2D eigenvalue weighted by Gasteiger charge is -2.07. The summed E-state index contributed by atoms with van der Waals surface area (Å²) in [6.07, 6.45) is 2.33. The van der Waals surface area contributed by atoms with Crippen LogP contribution in [0.3, 0.4) is 0 Å². The molecule has 0 radical (unpaired) electrons. The monoisotopic (exact) mass is 405 g/mol. The molecule has 0 saturated heterocycles. The second-order valence-corrected chi connectivity index (χ2v) is 6.78. The van der Waals surface area contributed by atoms with Gasteiger partial charge in [0.15, 0.2) is 0 Å². The van der Waals surface area contributed by atoms with Crippen LogP contribution in [0.15, 0.2) is 59.1 Å². The predicted octanol–water partition coefficient (Wildman–Crippen LogP) is 4.18. The molecule has 2 aromatic heterocycles. The lowest BCUT2D eigenvalue weighted by Crippen LogP contribution is -2.14. The van der Waals surface area contributed by atoms with Crippen molar-refractivity contribution in [2.24, 2.45) is 0 Å². The van der Waals surface area contributed by atoms with Crippen LogP contribution < -0.4 is 4.74 Å². The molecule has 7 nitrogen and oxygen atoms in total. The van der Waals surface area contributed by atoms with E-state index in [1.165, 1.54) is 0 Å². The highest BCUT2D eigenvalue weighted by atomic mass is 16.5. The lowest BCUT2D eigenvalue weighted by molar-refractivity contribution is -0.143. The molecule has 7 heteroatoms. The number of fused-ring (bicyclic) bond motifs is 1. The van der Waals surface area contributed by atoms with Crippen LogP contribution in [0.1, 0.15) is 18.4 Å². The molecule has 2 aromatic carbocycles. The topological polar surface area (TPSA) is 79.4 Å². The number of hydrogen-bond donors (Lipinski definition) is 0. The number of nitrogens with zero attached hydrogens (tertiary/aromatic N) is 3. The molecule has 2 heterocycles. The molecule has 0 saturated carbocycles. The number of esters is 1. The third-order valence-corrected chi connectivity index (χ3v) is 4.74. The SMILES string of the molecule is CCOC(=O)Cn1ncc2c(OCCc3nc(-c4ccccc4)oc3C)cccc21. The van der Waals surface area contributed by atoms with E-state index >= 15 is 0 Å². The zero-order valence-electron chi connectivity index (χ0n) is 17.0. The maximum atomic E-state index is 11.8. The van der Waals surface area contributed by atoms with Crippen molar-refractivity contribution in [1.29, 1.82) is 0 Å². The number of carbonyl (C=O) groups is 1. The predicted molar refractivity (Wildman–Crippen MR) is 112 cm³/mol. The van der Waals surface area contributed by atoms with Gasteiger partial charge in [-0.1, -0.05) is 24.3 Å². The minimum absolute atomic E-state index is 0.0706.